The van der Waals surface area contributed by atoms with E-state index in [9.17, 15) is 4.79 Å². The monoisotopic (exact) mass is 349 g/mol. The Morgan fingerprint density at radius 1 is 0.885 bits per heavy atom. The molecule has 4 nitrogen and oxygen atoms in total. The van der Waals surface area contributed by atoms with Crippen molar-refractivity contribution in [3.05, 3.63) is 60.2 Å². The summed E-state index contributed by atoms with van der Waals surface area (Å²) in [5.41, 5.74) is 3.85. The van der Waals surface area contributed by atoms with E-state index in [-0.39, 0.29) is 11.9 Å². The molecule has 0 N–H and O–H groups in total. The normalized spacial score (nSPS) is 18.4. The summed E-state index contributed by atoms with van der Waals surface area (Å²) in [6.45, 7) is 6.43. The second kappa shape index (κ2) is 7.40. The molecule has 0 aromatic heterocycles. The van der Waals surface area contributed by atoms with Crippen molar-refractivity contribution in [2.45, 2.75) is 25.8 Å². The molecule has 0 spiro atoms. The first-order valence-electron chi connectivity index (χ1n) is 9.67. The molecule has 0 radical (unpaired) electrons. The molecule has 4 rings (SSSR count). The van der Waals surface area contributed by atoms with E-state index in [1.807, 2.05) is 11.0 Å². The first kappa shape index (κ1) is 17.0. The molecule has 4 heteroatoms. The minimum atomic E-state index is -0.0975. The van der Waals surface area contributed by atoms with E-state index in [4.69, 9.17) is 0 Å². The molecule has 136 valence electrons. The third kappa shape index (κ3) is 3.28. The molecule has 1 atom stereocenters. The van der Waals surface area contributed by atoms with Crippen LogP contribution in [0.3, 0.4) is 0 Å². The van der Waals surface area contributed by atoms with E-state index in [1.165, 1.54) is 16.9 Å². The van der Waals surface area contributed by atoms with Crippen molar-refractivity contribution < 1.29 is 4.79 Å². The highest BCUT2D eigenvalue weighted by Gasteiger charge is 2.30. The largest absolute Gasteiger partial charge is 0.368 e. The molecule has 26 heavy (non-hydrogen) atoms. The minimum absolute atomic E-state index is 0.0975. The van der Waals surface area contributed by atoms with Crippen LogP contribution in [0.1, 0.15) is 18.9 Å². The van der Waals surface area contributed by atoms with Crippen LogP contribution in [0.25, 0.3) is 0 Å². The number of amides is 1. The number of aryl methyl sites for hydroxylation is 1. The quantitative estimate of drug-likeness (QED) is 0.852. The highest BCUT2D eigenvalue weighted by atomic mass is 16.2. The van der Waals surface area contributed by atoms with Crippen molar-refractivity contribution in [1.82, 2.24) is 4.90 Å². The Bertz CT molecular complexity index is 753. The number of hydrogen-bond acceptors (Lipinski definition) is 3. The van der Waals surface area contributed by atoms with E-state index in [0.29, 0.717) is 0 Å². The number of rotatable bonds is 3. The molecule has 2 aliphatic rings. The number of para-hydroxylation sites is 2. The van der Waals surface area contributed by atoms with Gasteiger partial charge in [0.05, 0.1) is 0 Å². The summed E-state index contributed by atoms with van der Waals surface area (Å²) >= 11 is 0. The van der Waals surface area contributed by atoms with Crippen LogP contribution in [-0.2, 0) is 11.2 Å². The summed E-state index contributed by atoms with van der Waals surface area (Å²) in [5, 5.41) is 0. The molecule has 2 aromatic rings. The zero-order valence-electron chi connectivity index (χ0n) is 15.5. The number of anilines is 2. The zero-order valence-corrected chi connectivity index (χ0v) is 15.5. The molecule has 0 bridgehead atoms. The van der Waals surface area contributed by atoms with Gasteiger partial charge in [0, 0.05) is 44.1 Å². The highest BCUT2D eigenvalue weighted by Crippen LogP contribution is 2.29. The average Bonchev–Trinajstić information content (AvgIpc) is 2.73. The maximum atomic E-state index is 13.1. The SMILES string of the molecule is C[C@H](C(=O)N1CCN(c2ccccc2)CC1)N1CCCc2ccccc21. The van der Waals surface area contributed by atoms with Crippen LogP contribution in [0.15, 0.2) is 54.6 Å². The van der Waals surface area contributed by atoms with Crippen LogP contribution in [0.5, 0.6) is 0 Å². The third-order valence-corrected chi connectivity index (χ3v) is 5.68. The van der Waals surface area contributed by atoms with Gasteiger partial charge >= 0.3 is 0 Å². The number of benzene rings is 2. The standard InChI is InChI=1S/C22H27N3O/c1-18(25-13-7-9-19-8-5-6-12-21(19)25)22(26)24-16-14-23(15-17-24)20-10-3-2-4-11-20/h2-6,8,10-12,18H,7,9,13-17H2,1H3/t18-/m1/s1. The Labute approximate surface area is 156 Å². The summed E-state index contributed by atoms with van der Waals surface area (Å²) in [6.07, 6.45) is 2.24. The Kier molecular flexibility index (Phi) is 4.83. The second-order valence-corrected chi connectivity index (χ2v) is 7.25. The molecule has 1 fully saturated rings. The van der Waals surface area contributed by atoms with Gasteiger partial charge in [-0.3, -0.25) is 4.79 Å². The van der Waals surface area contributed by atoms with Crippen LogP contribution >= 0.6 is 0 Å². The minimum Gasteiger partial charge on any atom is -0.368 e. The zero-order chi connectivity index (χ0) is 17.9. The molecule has 2 aliphatic heterocycles. The van der Waals surface area contributed by atoms with E-state index < -0.39 is 0 Å². The summed E-state index contributed by atoms with van der Waals surface area (Å²) in [5.74, 6) is 0.259. The summed E-state index contributed by atoms with van der Waals surface area (Å²) in [6, 6.07) is 18.9. The van der Waals surface area contributed by atoms with Crippen molar-refractivity contribution in [3.8, 4) is 0 Å². The lowest BCUT2D eigenvalue weighted by Crippen LogP contribution is -2.55. The molecule has 1 saturated heterocycles. The van der Waals surface area contributed by atoms with Gasteiger partial charge < -0.3 is 14.7 Å². The Hall–Kier alpha value is -2.49. The summed E-state index contributed by atoms with van der Waals surface area (Å²) in [7, 11) is 0. The number of carbonyl (C=O) groups excluding carboxylic acids is 1. The fourth-order valence-electron chi connectivity index (χ4n) is 4.19. The predicted octanol–water partition coefficient (Wildman–Crippen LogP) is 3.18. The summed E-state index contributed by atoms with van der Waals surface area (Å²) in [4.78, 5) is 19.8. The number of fused-ring (bicyclic) bond motifs is 1. The van der Waals surface area contributed by atoms with Gasteiger partial charge in [-0.2, -0.15) is 0 Å². The number of carbonyl (C=O) groups is 1. The Morgan fingerprint density at radius 3 is 2.35 bits per heavy atom. The van der Waals surface area contributed by atoms with E-state index >= 15 is 0 Å². The van der Waals surface area contributed by atoms with Gasteiger partial charge in [-0.05, 0) is 43.5 Å². The fraction of sp³-hybridized carbons (Fsp3) is 0.409. The lowest BCUT2D eigenvalue weighted by Gasteiger charge is -2.41. The maximum Gasteiger partial charge on any atom is 0.245 e. The molecule has 2 aromatic carbocycles. The van der Waals surface area contributed by atoms with Crippen LogP contribution in [0, 0.1) is 0 Å². The molecular formula is C22H27N3O. The Morgan fingerprint density at radius 2 is 1.58 bits per heavy atom. The van der Waals surface area contributed by atoms with Crippen molar-refractivity contribution in [2.24, 2.45) is 0 Å². The topological polar surface area (TPSA) is 26.8 Å². The van der Waals surface area contributed by atoms with Gasteiger partial charge in [0.2, 0.25) is 5.91 Å². The molecular weight excluding hydrogens is 322 g/mol. The van der Waals surface area contributed by atoms with E-state index in [0.717, 1.165) is 45.6 Å². The molecule has 1 amide bonds. The Balaban J connectivity index is 1.41. The number of nitrogens with zero attached hydrogens (tertiary/aromatic N) is 3. The smallest absolute Gasteiger partial charge is 0.245 e. The van der Waals surface area contributed by atoms with Gasteiger partial charge in [-0.25, -0.2) is 0 Å². The molecule has 0 aliphatic carbocycles. The second-order valence-electron chi connectivity index (χ2n) is 7.25. The van der Waals surface area contributed by atoms with Crippen molar-refractivity contribution in [3.63, 3.8) is 0 Å². The lowest BCUT2D eigenvalue weighted by atomic mass is 10.00. The van der Waals surface area contributed by atoms with E-state index in [2.05, 4.69) is 65.3 Å². The highest BCUT2D eigenvalue weighted by molar-refractivity contribution is 5.85. The summed E-state index contributed by atoms with van der Waals surface area (Å²) < 4.78 is 0. The van der Waals surface area contributed by atoms with Gasteiger partial charge in [-0.1, -0.05) is 36.4 Å². The van der Waals surface area contributed by atoms with Gasteiger partial charge in [0.15, 0.2) is 0 Å². The van der Waals surface area contributed by atoms with Crippen LogP contribution < -0.4 is 9.80 Å². The van der Waals surface area contributed by atoms with Gasteiger partial charge in [0.25, 0.3) is 0 Å². The van der Waals surface area contributed by atoms with Crippen molar-refractivity contribution in [1.29, 1.82) is 0 Å². The maximum absolute atomic E-state index is 13.1. The van der Waals surface area contributed by atoms with Crippen LogP contribution in [0.4, 0.5) is 11.4 Å². The molecule has 0 saturated carbocycles. The fourth-order valence-corrected chi connectivity index (χ4v) is 4.19. The average molecular weight is 349 g/mol. The third-order valence-electron chi connectivity index (χ3n) is 5.68. The van der Waals surface area contributed by atoms with Gasteiger partial charge in [0.1, 0.15) is 6.04 Å². The first-order valence-corrected chi connectivity index (χ1v) is 9.67. The van der Waals surface area contributed by atoms with Crippen LogP contribution in [0.2, 0.25) is 0 Å². The number of hydrogen-bond donors (Lipinski definition) is 0. The molecule has 2 heterocycles. The van der Waals surface area contributed by atoms with Gasteiger partial charge in [-0.15, -0.1) is 0 Å². The van der Waals surface area contributed by atoms with Crippen LogP contribution in [-0.4, -0.2) is 49.6 Å². The molecule has 0 unspecified atom stereocenters. The predicted molar refractivity (Wildman–Crippen MR) is 107 cm³/mol. The van der Waals surface area contributed by atoms with Crippen molar-refractivity contribution >= 4 is 17.3 Å². The lowest BCUT2D eigenvalue weighted by molar-refractivity contribution is -0.132. The first-order chi connectivity index (χ1) is 12.7. The van der Waals surface area contributed by atoms with Crippen molar-refractivity contribution in [2.75, 3.05) is 42.5 Å². The van der Waals surface area contributed by atoms with E-state index in [1.54, 1.807) is 0 Å². The number of piperazine rings is 1.